The van der Waals surface area contributed by atoms with Gasteiger partial charge in [-0.15, -0.1) is 0 Å². The van der Waals surface area contributed by atoms with E-state index >= 15 is 0 Å². The zero-order valence-electron chi connectivity index (χ0n) is 18.7. The summed E-state index contributed by atoms with van der Waals surface area (Å²) in [4.78, 5) is 27.7. The van der Waals surface area contributed by atoms with E-state index in [4.69, 9.17) is 9.47 Å². The van der Waals surface area contributed by atoms with Gasteiger partial charge in [0.25, 0.3) is 5.91 Å². The molecule has 0 N–H and O–H groups in total. The van der Waals surface area contributed by atoms with Crippen LogP contribution in [0.2, 0.25) is 0 Å². The summed E-state index contributed by atoms with van der Waals surface area (Å²) in [6.07, 6.45) is 2.37. The SMILES string of the molecule is COc1cccc(CN(CC2CCCO2)C(=O)C2=NN(Cc3ccc(F)cc3)C(=O)CC2)c1. The summed E-state index contributed by atoms with van der Waals surface area (Å²) in [5, 5.41) is 5.71. The van der Waals surface area contributed by atoms with Gasteiger partial charge in [0.15, 0.2) is 0 Å². The molecule has 0 saturated carbocycles. The minimum atomic E-state index is -0.342. The first-order valence-corrected chi connectivity index (χ1v) is 11.2. The van der Waals surface area contributed by atoms with Gasteiger partial charge in [0.1, 0.15) is 17.3 Å². The number of amides is 2. The number of benzene rings is 2. The fourth-order valence-electron chi connectivity index (χ4n) is 4.07. The molecule has 1 saturated heterocycles. The second-order valence-electron chi connectivity index (χ2n) is 8.30. The Kier molecular flexibility index (Phi) is 7.34. The zero-order chi connectivity index (χ0) is 23.2. The molecule has 0 aromatic heterocycles. The minimum absolute atomic E-state index is 0.0132. The first kappa shape index (κ1) is 22.9. The average molecular weight is 454 g/mol. The second-order valence-corrected chi connectivity index (χ2v) is 8.30. The molecule has 2 amide bonds. The lowest BCUT2D eigenvalue weighted by Crippen LogP contribution is -2.43. The van der Waals surface area contributed by atoms with Gasteiger partial charge in [-0.25, -0.2) is 9.40 Å². The number of nitrogens with zero attached hydrogens (tertiary/aromatic N) is 3. The molecule has 2 heterocycles. The maximum Gasteiger partial charge on any atom is 0.270 e. The van der Waals surface area contributed by atoms with E-state index in [-0.39, 0.29) is 43.1 Å². The van der Waals surface area contributed by atoms with E-state index in [0.717, 1.165) is 29.7 Å². The maximum atomic E-state index is 13.5. The monoisotopic (exact) mass is 453 g/mol. The molecule has 0 bridgehead atoms. The second kappa shape index (κ2) is 10.6. The molecule has 1 fully saturated rings. The molecule has 2 aliphatic rings. The van der Waals surface area contributed by atoms with Crippen molar-refractivity contribution < 1.29 is 23.5 Å². The van der Waals surface area contributed by atoms with Gasteiger partial charge in [0, 0.05) is 32.5 Å². The van der Waals surface area contributed by atoms with Gasteiger partial charge in [-0.3, -0.25) is 9.59 Å². The summed E-state index contributed by atoms with van der Waals surface area (Å²) in [6, 6.07) is 13.5. The highest BCUT2D eigenvalue weighted by atomic mass is 19.1. The molecule has 2 aromatic rings. The molecule has 1 atom stereocenters. The maximum absolute atomic E-state index is 13.5. The molecule has 174 valence electrons. The Morgan fingerprint density at radius 3 is 2.76 bits per heavy atom. The van der Waals surface area contributed by atoms with Gasteiger partial charge in [0.05, 0.1) is 19.8 Å². The smallest absolute Gasteiger partial charge is 0.270 e. The van der Waals surface area contributed by atoms with Crippen LogP contribution in [-0.4, -0.2) is 53.8 Å². The first-order chi connectivity index (χ1) is 16.0. The van der Waals surface area contributed by atoms with Crippen LogP contribution >= 0.6 is 0 Å². The predicted molar refractivity (Wildman–Crippen MR) is 121 cm³/mol. The van der Waals surface area contributed by atoms with Crippen LogP contribution in [-0.2, 0) is 27.4 Å². The number of hydrazone groups is 1. The zero-order valence-corrected chi connectivity index (χ0v) is 18.7. The van der Waals surface area contributed by atoms with Crippen molar-refractivity contribution in [2.24, 2.45) is 5.10 Å². The van der Waals surface area contributed by atoms with Gasteiger partial charge in [0.2, 0.25) is 5.91 Å². The van der Waals surface area contributed by atoms with Gasteiger partial charge >= 0.3 is 0 Å². The summed E-state index contributed by atoms with van der Waals surface area (Å²) < 4.78 is 24.3. The number of methoxy groups -OCH3 is 1. The van der Waals surface area contributed by atoms with Crippen LogP contribution in [0.15, 0.2) is 53.6 Å². The van der Waals surface area contributed by atoms with Gasteiger partial charge in [-0.05, 0) is 48.2 Å². The third kappa shape index (κ3) is 5.96. The van der Waals surface area contributed by atoms with Crippen molar-refractivity contribution in [2.45, 2.75) is 44.9 Å². The standard InChI is InChI=1S/C25H28FN3O4/c1-32-21-5-2-4-19(14-21)15-28(17-22-6-3-13-33-22)25(31)23-11-12-24(30)29(27-23)16-18-7-9-20(26)10-8-18/h2,4-5,7-10,14,22H,3,6,11-13,15-17H2,1H3. The lowest BCUT2D eigenvalue weighted by molar-refractivity contribution is -0.133. The summed E-state index contributed by atoms with van der Waals surface area (Å²) in [6.45, 7) is 1.74. The summed E-state index contributed by atoms with van der Waals surface area (Å²) in [7, 11) is 1.61. The Morgan fingerprint density at radius 2 is 2.03 bits per heavy atom. The van der Waals surface area contributed by atoms with Crippen molar-refractivity contribution in [1.82, 2.24) is 9.91 Å². The molecular weight excluding hydrogens is 425 g/mol. The Hall–Kier alpha value is -3.26. The molecule has 2 aliphatic heterocycles. The average Bonchev–Trinajstić information content (AvgIpc) is 3.34. The number of carbonyl (C=O) groups is 2. The van der Waals surface area contributed by atoms with Crippen molar-refractivity contribution in [3.05, 3.63) is 65.5 Å². The summed E-state index contributed by atoms with van der Waals surface area (Å²) in [5.74, 6) is 0.0211. The van der Waals surface area contributed by atoms with E-state index in [0.29, 0.717) is 25.4 Å². The molecule has 2 aromatic carbocycles. The minimum Gasteiger partial charge on any atom is -0.497 e. The third-order valence-corrected chi connectivity index (χ3v) is 5.84. The summed E-state index contributed by atoms with van der Waals surface area (Å²) >= 11 is 0. The van der Waals surface area contributed by atoms with Crippen LogP contribution < -0.4 is 4.74 Å². The third-order valence-electron chi connectivity index (χ3n) is 5.84. The molecule has 1 unspecified atom stereocenters. The Bertz CT molecular complexity index is 1020. The van der Waals surface area contributed by atoms with Crippen LogP contribution in [0.5, 0.6) is 5.75 Å². The lowest BCUT2D eigenvalue weighted by atomic mass is 10.1. The van der Waals surface area contributed by atoms with Crippen molar-refractivity contribution >= 4 is 17.5 Å². The van der Waals surface area contributed by atoms with Crippen LogP contribution in [0.4, 0.5) is 4.39 Å². The topological polar surface area (TPSA) is 71.4 Å². The molecule has 0 spiro atoms. The molecule has 0 aliphatic carbocycles. The molecule has 8 heteroatoms. The number of rotatable bonds is 8. The lowest BCUT2D eigenvalue weighted by Gasteiger charge is -2.29. The molecule has 7 nitrogen and oxygen atoms in total. The van der Waals surface area contributed by atoms with Crippen LogP contribution in [0, 0.1) is 5.82 Å². The van der Waals surface area contributed by atoms with E-state index in [1.807, 2.05) is 24.3 Å². The molecular formula is C25H28FN3O4. The van der Waals surface area contributed by atoms with E-state index in [9.17, 15) is 14.0 Å². The molecule has 4 rings (SSSR count). The summed E-state index contributed by atoms with van der Waals surface area (Å²) in [5.41, 5.74) is 2.03. The van der Waals surface area contributed by atoms with Gasteiger partial charge in [-0.1, -0.05) is 24.3 Å². The van der Waals surface area contributed by atoms with Crippen molar-refractivity contribution in [2.75, 3.05) is 20.3 Å². The Labute approximate surface area is 192 Å². The highest BCUT2D eigenvalue weighted by molar-refractivity contribution is 6.39. The Morgan fingerprint density at radius 1 is 1.21 bits per heavy atom. The van der Waals surface area contributed by atoms with Crippen LogP contribution in [0.1, 0.15) is 36.8 Å². The van der Waals surface area contributed by atoms with Crippen LogP contribution in [0.25, 0.3) is 0 Å². The van der Waals surface area contributed by atoms with Gasteiger partial charge in [-0.2, -0.15) is 5.10 Å². The highest BCUT2D eigenvalue weighted by Gasteiger charge is 2.30. The van der Waals surface area contributed by atoms with Gasteiger partial charge < -0.3 is 14.4 Å². The number of carbonyl (C=O) groups excluding carboxylic acids is 2. The number of ether oxygens (including phenoxy) is 2. The number of halogens is 1. The van der Waals surface area contributed by atoms with E-state index in [1.54, 1.807) is 24.1 Å². The molecule has 0 radical (unpaired) electrons. The fourth-order valence-corrected chi connectivity index (χ4v) is 4.07. The number of hydrogen-bond donors (Lipinski definition) is 0. The van der Waals surface area contributed by atoms with Crippen LogP contribution in [0.3, 0.4) is 0 Å². The Balaban J connectivity index is 1.53. The van der Waals surface area contributed by atoms with E-state index < -0.39 is 0 Å². The fraction of sp³-hybridized carbons (Fsp3) is 0.400. The molecule has 33 heavy (non-hydrogen) atoms. The van der Waals surface area contributed by atoms with Crippen molar-refractivity contribution in [3.63, 3.8) is 0 Å². The number of hydrogen-bond acceptors (Lipinski definition) is 5. The quantitative estimate of drug-likeness (QED) is 0.613. The van der Waals surface area contributed by atoms with Crippen molar-refractivity contribution in [1.29, 1.82) is 0 Å². The normalized spacial score (nSPS) is 18.2. The predicted octanol–water partition coefficient (Wildman–Crippen LogP) is 3.52. The highest BCUT2D eigenvalue weighted by Crippen LogP contribution is 2.20. The van der Waals surface area contributed by atoms with E-state index in [2.05, 4.69) is 5.10 Å². The van der Waals surface area contributed by atoms with E-state index in [1.165, 1.54) is 17.1 Å². The largest absolute Gasteiger partial charge is 0.497 e. The first-order valence-electron chi connectivity index (χ1n) is 11.2. The van der Waals surface area contributed by atoms with Crippen molar-refractivity contribution in [3.8, 4) is 5.75 Å².